The molecule has 2 heterocycles. The number of aromatic nitrogens is 2. The average Bonchev–Trinajstić information content (AvgIpc) is 3.83. The Morgan fingerprint density at radius 2 is 0.839 bits per heavy atom. The van der Waals surface area contributed by atoms with Crippen LogP contribution in [0.5, 0.6) is 0 Å². The molecule has 9 aromatic carbocycles. The normalized spacial score (nSPS) is 12.3. The van der Waals surface area contributed by atoms with E-state index in [1.165, 1.54) is 5.56 Å². The van der Waals surface area contributed by atoms with E-state index in [9.17, 15) is 4.11 Å². The molecule has 0 bridgehead atoms. The van der Waals surface area contributed by atoms with Crippen molar-refractivity contribution in [2.45, 2.75) is 0 Å². The molecule has 2 heteroatoms. The van der Waals surface area contributed by atoms with E-state index in [1.807, 2.05) is 48.5 Å². The molecule has 11 rings (SSSR count). The summed E-state index contributed by atoms with van der Waals surface area (Å²) in [6.07, 6.45) is 0. The molecule has 0 atom stereocenters. The van der Waals surface area contributed by atoms with E-state index in [2.05, 4.69) is 161 Å². The Hall–Kier alpha value is -7.42. The van der Waals surface area contributed by atoms with Crippen LogP contribution in [0.15, 0.2) is 218 Å². The van der Waals surface area contributed by atoms with Crippen molar-refractivity contribution in [3.8, 4) is 55.9 Å². The van der Waals surface area contributed by atoms with Crippen LogP contribution in [-0.2, 0) is 0 Å². The number of rotatable bonds is 6. The number of hydrogen-bond donors (Lipinski definition) is 0. The van der Waals surface area contributed by atoms with Gasteiger partial charge in [-0.15, -0.1) is 0 Å². The maximum atomic E-state index is 10.1. The highest BCUT2D eigenvalue weighted by Crippen LogP contribution is 2.42. The average molecular weight is 716 g/mol. The highest BCUT2D eigenvalue weighted by atomic mass is 15.0. The number of nitrogens with zero attached hydrogens (tertiary/aromatic N) is 2. The second-order valence-corrected chi connectivity index (χ2v) is 14.3. The SMILES string of the molecule is [2H]c1c(-c2ccc3c(c2)c2ccccc2n3-c2ccccc2)c([2H])c2c3c(-c4ccccc4)cccc3n(-c3ccc(-c4cccc(-c5ccccc5)c4)cc3)c2c1[2H]. The first kappa shape index (κ1) is 29.0. The summed E-state index contributed by atoms with van der Waals surface area (Å²) < 4.78 is 33.8. The molecule has 2 nitrogen and oxygen atoms in total. The van der Waals surface area contributed by atoms with Crippen LogP contribution in [-0.4, -0.2) is 9.13 Å². The van der Waals surface area contributed by atoms with Gasteiger partial charge in [0.1, 0.15) is 0 Å². The number of hydrogen-bond acceptors (Lipinski definition) is 0. The van der Waals surface area contributed by atoms with Crippen LogP contribution in [0.4, 0.5) is 0 Å². The highest BCUT2D eigenvalue weighted by molar-refractivity contribution is 6.17. The standard InChI is InChI=1S/C54H36N2/c1-4-14-37(15-5-1)40-18-12-19-41(34-40)38-26-30-45(31-27-38)56-52-33-29-43(36-49(52)54-46(23-13-25-53(54)56)39-16-6-2-7-17-39)42-28-32-51-48(35-42)47-22-10-11-24-50(47)55(51)44-20-8-3-9-21-44/h1-36H/i29D,33D,36D. The van der Waals surface area contributed by atoms with Crippen LogP contribution in [0.3, 0.4) is 0 Å². The van der Waals surface area contributed by atoms with Gasteiger partial charge in [0.05, 0.1) is 26.2 Å². The summed E-state index contributed by atoms with van der Waals surface area (Å²) in [5.74, 6) is 0. The number of benzene rings is 9. The van der Waals surface area contributed by atoms with Crippen molar-refractivity contribution in [1.82, 2.24) is 9.13 Å². The molecule has 0 spiro atoms. The van der Waals surface area contributed by atoms with Gasteiger partial charge in [0.25, 0.3) is 0 Å². The van der Waals surface area contributed by atoms with E-state index in [-0.39, 0.29) is 18.1 Å². The Labute approximate surface area is 330 Å². The minimum atomic E-state index is 0.0355. The maximum Gasteiger partial charge on any atom is 0.0645 e. The van der Waals surface area contributed by atoms with E-state index in [0.717, 1.165) is 77.5 Å². The first-order valence-corrected chi connectivity index (χ1v) is 19.0. The van der Waals surface area contributed by atoms with Crippen molar-refractivity contribution < 1.29 is 4.11 Å². The molecule has 0 amide bonds. The molecule has 0 radical (unpaired) electrons. The van der Waals surface area contributed by atoms with E-state index in [4.69, 9.17) is 0 Å². The van der Waals surface area contributed by atoms with Crippen molar-refractivity contribution in [3.05, 3.63) is 218 Å². The molecule has 0 fully saturated rings. The minimum Gasteiger partial charge on any atom is -0.309 e. The molecular formula is C54H36N2. The molecule has 56 heavy (non-hydrogen) atoms. The third-order valence-electron chi connectivity index (χ3n) is 11.0. The molecule has 0 aliphatic rings. The zero-order valence-corrected chi connectivity index (χ0v) is 30.4. The molecule has 11 aromatic rings. The number of fused-ring (bicyclic) bond motifs is 6. The Morgan fingerprint density at radius 1 is 0.304 bits per heavy atom. The fraction of sp³-hybridized carbons (Fsp3) is 0. The third kappa shape index (κ3) is 5.26. The summed E-state index contributed by atoms with van der Waals surface area (Å²) in [4.78, 5) is 0. The fourth-order valence-corrected chi connectivity index (χ4v) is 8.42. The van der Waals surface area contributed by atoms with E-state index in [0.29, 0.717) is 16.5 Å². The fourth-order valence-electron chi connectivity index (χ4n) is 8.42. The van der Waals surface area contributed by atoms with Gasteiger partial charge in [-0.25, -0.2) is 0 Å². The molecular weight excluding hydrogens is 677 g/mol. The zero-order chi connectivity index (χ0) is 39.6. The lowest BCUT2D eigenvalue weighted by atomic mass is 9.97. The van der Waals surface area contributed by atoms with Crippen molar-refractivity contribution in [2.75, 3.05) is 0 Å². The van der Waals surface area contributed by atoms with Gasteiger partial charge < -0.3 is 9.13 Å². The summed E-state index contributed by atoms with van der Waals surface area (Å²) in [6.45, 7) is 0. The van der Waals surface area contributed by atoms with Crippen LogP contribution >= 0.6 is 0 Å². The lowest BCUT2D eigenvalue weighted by molar-refractivity contribution is 1.18. The second kappa shape index (κ2) is 13.2. The molecule has 262 valence electrons. The summed E-state index contributed by atoms with van der Waals surface area (Å²) in [7, 11) is 0. The maximum absolute atomic E-state index is 10.1. The van der Waals surface area contributed by atoms with E-state index < -0.39 is 0 Å². The topological polar surface area (TPSA) is 9.86 Å². The van der Waals surface area contributed by atoms with Crippen molar-refractivity contribution >= 4 is 43.6 Å². The predicted octanol–water partition coefficient (Wildman–Crippen LogP) is 14.5. The largest absolute Gasteiger partial charge is 0.309 e. The van der Waals surface area contributed by atoms with Crippen molar-refractivity contribution in [2.24, 2.45) is 0 Å². The van der Waals surface area contributed by atoms with Gasteiger partial charge in [-0.3, -0.25) is 0 Å². The van der Waals surface area contributed by atoms with Crippen LogP contribution < -0.4 is 0 Å². The zero-order valence-electron chi connectivity index (χ0n) is 33.4. The quantitative estimate of drug-likeness (QED) is 0.162. The van der Waals surface area contributed by atoms with Crippen LogP contribution in [0, 0.1) is 0 Å². The van der Waals surface area contributed by atoms with Crippen LogP contribution in [0.25, 0.3) is 99.5 Å². The van der Waals surface area contributed by atoms with Gasteiger partial charge in [-0.05, 0) is 111 Å². The van der Waals surface area contributed by atoms with Gasteiger partial charge in [-0.1, -0.05) is 152 Å². The van der Waals surface area contributed by atoms with Gasteiger partial charge in [0.15, 0.2) is 0 Å². The smallest absolute Gasteiger partial charge is 0.0645 e. The summed E-state index contributed by atoms with van der Waals surface area (Å²) in [5, 5.41) is 3.70. The first-order chi connectivity index (χ1) is 29.0. The molecule has 0 aliphatic carbocycles. The molecule has 0 saturated carbocycles. The molecule has 0 unspecified atom stereocenters. The van der Waals surface area contributed by atoms with E-state index in [1.54, 1.807) is 0 Å². The summed E-state index contributed by atoms with van der Waals surface area (Å²) in [5.41, 5.74) is 13.3. The highest BCUT2D eigenvalue weighted by Gasteiger charge is 2.18. The Bertz CT molecular complexity index is 3390. The van der Waals surface area contributed by atoms with Gasteiger partial charge in [0.2, 0.25) is 0 Å². The number of para-hydroxylation sites is 2. The minimum absolute atomic E-state index is 0.0355. The lowest BCUT2D eigenvalue weighted by Crippen LogP contribution is -1.94. The van der Waals surface area contributed by atoms with Crippen LogP contribution in [0.2, 0.25) is 0 Å². The summed E-state index contributed by atoms with van der Waals surface area (Å²) >= 11 is 0. The Morgan fingerprint density at radius 3 is 1.61 bits per heavy atom. The van der Waals surface area contributed by atoms with E-state index >= 15 is 0 Å². The van der Waals surface area contributed by atoms with Crippen molar-refractivity contribution in [3.63, 3.8) is 0 Å². The monoisotopic (exact) mass is 715 g/mol. The van der Waals surface area contributed by atoms with Crippen molar-refractivity contribution in [1.29, 1.82) is 0 Å². The predicted molar refractivity (Wildman–Crippen MR) is 237 cm³/mol. The van der Waals surface area contributed by atoms with Crippen LogP contribution in [0.1, 0.15) is 4.11 Å². The molecule has 0 saturated heterocycles. The Kier molecular flexibility index (Phi) is 6.81. The molecule has 2 aromatic heterocycles. The molecule has 0 N–H and O–H groups in total. The third-order valence-corrected chi connectivity index (χ3v) is 11.0. The van der Waals surface area contributed by atoms with Gasteiger partial charge >= 0.3 is 0 Å². The second-order valence-electron chi connectivity index (χ2n) is 14.3. The molecule has 0 aliphatic heterocycles. The van der Waals surface area contributed by atoms with Gasteiger partial charge in [-0.2, -0.15) is 0 Å². The Balaban J connectivity index is 1.14. The van der Waals surface area contributed by atoms with Gasteiger partial charge in [0, 0.05) is 32.9 Å². The lowest BCUT2D eigenvalue weighted by Gasteiger charge is -2.11. The first-order valence-electron chi connectivity index (χ1n) is 20.5. The summed E-state index contributed by atoms with van der Waals surface area (Å²) in [6, 6.07) is 69.2.